The van der Waals surface area contributed by atoms with E-state index in [4.69, 9.17) is 9.16 Å². The molecule has 1 fully saturated rings. The number of nitrogens with one attached hydrogen (secondary N) is 1. The van der Waals surface area contributed by atoms with E-state index in [1.54, 1.807) is 25.7 Å². The third-order valence-corrected chi connectivity index (χ3v) is 9.39. The molecule has 2 amide bonds. The van der Waals surface area contributed by atoms with E-state index >= 15 is 0 Å². The molecule has 1 aliphatic heterocycles. The van der Waals surface area contributed by atoms with Crippen LogP contribution in [0.15, 0.2) is 0 Å². The third-order valence-electron chi connectivity index (χ3n) is 4.85. The molecule has 1 aliphatic rings. The molecule has 146 valence electrons. The minimum absolute atomic E-state index is 0.0454. The summed E-state index contributed by atoms with van der Waals surface area (Å²) in [6.45, 7) is 18.3. The van der Waals surface area contributed by atoms with Crippen molar-refractivity contribution in [2.24, 2.45) is 0 Å². The Bertz CT molecular complexity index is 480. The maximum Gasteiger partial charge on any atom is 0.408 e. The Morgan fingerprint density at radius 2 is 1.84 bits per heavy atom. The lowest BCUT2D eigenvalue weighted by molar-refractivity contribution is -0.136. The molecule has 0 radical (unpaired) electrons. The van der Waals surface area contributed by atoms with Crippen molar-refractivity contribution in [1.29, 1.82) is 0 Å². The van der Waals surface area contributed by atoms with Gasteiger partial charge in [0.1, 0.15) is 11.6 Å². The summed E-state index contributed by atoms with van der Waals surface area (Å²) in [5, 5.41) is 2.85. The highest BCUT2D eigenvalue weighted by atomic mass is 28.4. The van der Waals surface area contributed by atoms with Crippen molar-refractivity contribution < 1.29 is 18.8 Å². The summed E-state index contributed by atoms with van der Waals surface area (Å²) in [5.41, 5.74) is -0.571. The molecule has 1 atom stereocenters. The Labute approximate surface area is 153 Å². The van der Waals surface area contributed by atoms with Crippen molar-refractivity contribution in [2.75, 3.05) is 19.7 Å². The number of alkyl carbamates (subject to hydrolysis) is 1. The van der Waals surface area contributed by atoms with Crippen LogP contribution in [0.5, 0.6) is 0 Å². The van der Waals surface area contributed by atoms with Gasteiger partial charge in [0, 0.05) is 13.1 Å². The fourth-order valence-electron chi connectivity index (χ4n) is 2.37. The predicted octanol–water partition coefficient (Wildman–Crippen LogP) is 3.52. The van der Waals surface area contributed by atoms with Gasteiger partial charge >= 0.3 is 6.09 Å². The molecule has 0 aromatic rings. The molecule has 0 saturated carbocycles. The summed E-state index contributed by atoms with van der Waals surface area (Å²) in [5.74, 6) is -0.0454. The van der Waals surface area contributed by atoms with E-state index in [1.165, 1.54) is 0 Å². The van der Waals surface area contributed by atoms with E-state index in [2.05, 4.69) is 39.2 Å². The summed E-state index contributed by atoms with van der Waals surface area (Å²) >= 11 is 0. The standard InChI is InChI=1S/C18H36N2O4Si/c1-17(2,3)24-16(22)19-14-10-9-11-20(15(14)21)12-13-23-25(7,8)18(4,5)6/h14H,9-13H2,1-8H3,(H,19,22). The van der Waals surface area contributed by atoms with E-state index < -0.39 is 26.1 Å². The topological polar surface area (TPSA) is 67.9 Å². The molecule has 0 aromatic carbocycles. The lowest BCUT2D eigenvalue weighted by Gasteiger charge is -2.38. The van der Waals surface area contributed by atoms with Gasteiger partial charge in [-0.25, -0.2) is 4.79 Å². The quantitative estimate of drug-likeness (QED) is 0.750. The van der Waals surface area contributed by atoms with Crippen LogP contribution in [0.1, 0.15) is 54.4 Å². The van der Waals surface area contributed by atoms with Crippen molar-refractivity contribution >= 4 is 20.3 Å². The molecule has 1 unspecified atom stereocenters. The van der Waals surface area contributed by atoms with Gasteiger partial charge < -0.3 is 19.4 Å². The summed E-state index contributed by atoms with van der Waals surface area (Å²) in [4.78, 5) is 26.3. The first-order valence-corrected chi connectivity index (χ1v) is 12.1. The molecule has 6 nitrogen and oxygen atoms in total. The van der Waals surface area contributed by atoms with Gasteiger partial charge in [0.2, 0.25) is 5.91 Å². The van der Waals surface area contributed by atoms with Gasteiger partial charge in [-0.1, -0.05) is 20.8 Å². The minimum atomic E-state index is -1.81. The Balaban J connectivity index is 2.52. The maximum absolute atomic E-state index is 12.6. The van der Waals surface area contributed by atoms with Crippen LogP contribution in [-0.2, 0) is 14.0 Å². The van der Waals surface area contributed by atoms with Crippen molar-refractivity contribution in [3.8, 4) is 0 Å². The number of piperidine rings is 1. The number of carbonyl (C=O) groups excluding carboxylic acids is 2. The van der Waals surface area contributed by atoms with Crippen LogP contribution in [0.2, 0.25) is 18.1 Å². The molecule has 1 rings (SSSR count). The van der Waals surface area contributed by atoms with Gasteiger partial charge in [0.25, 0.3) is 0 Å². The highest BCUT2D eigenvalue weighted by Gasteiger charge is 2.37. The van der Waals surface area contributed by atoms with Gasteiger partial charge in [0.15, 0.2) is 8.32 Å². The summed E-state index contributed by atoms with van der Waals surface area (Å²) in [7, 11) is -1.81. The zero-order chi connectivity index (χ0) is 19.5. The Kier molecular flexibility index (Phi) is 7.09. The molecule has 0 aromatic heterocycles. The molecule has 1 N–H and O–H groups in total. The number of rotatable bonds is 5. The first kappa shape index (κ1) is 22.0. The van der Waals surface area contributed by atoms with Gasteiger partial charge in [-0.3, -0.25) is 4.79 Å². The normalized spacial score (nSPS) is 19.8. The first-order valence-electron chi connectivity index (χ1n) is 9.15. The molecular formula is C18H36N2O4Si. The number of hydrogen-bond donors (Lipinski definition) is 1. The van der Waals surface area contributed by atoms with Gasteiger partial charge in [-0.15, -0.1) is 0 Å². The average Bonchev–Trinajstić information content (AvgIpc) is 2.39. The van der Waals surface area contributed by atoms with E-state index in [0.717, 1.165) is 6.42 Å². The second-order valence-corrected chi connectivity index (χ2v) is 14.1. The number of amides is 2. The third kappa shape index (κ3) is 6.97. The van der Waals surface area contributed by atoms with E-state index in [9.17, 15) is 9.59 Å². The van der Waals surface area contributed by atoms with Crippen LogP contribution in [0.4, 0.5) is 4.79 Å². The Morgan fingerprint density at radius 3 is 2.36 bits per heavy atom. The molecule has 0 aliphatic carbocycles. The lowest BCUT2D eigenvalue weighted by Crippen LogP contribution is -2.54. The SMILES string of the molecule is CC(C)(C)OC(=O)NC1CCCN(CCO[Si](C)(C)C(C)(C)C)C1=O. The molecular weight excluding hydrogens is 336 g/mol. The minimum Gasteiger partial charge on any atom is -0.444 e. The van der Waals surface area contributed by atoms with E-state index in [0.29, 0.717) is 26.1 Å². The van der Waals surface area contributed by atoms with Crippen LogP contribution < -0.4 is 5.32 Å². The second kappa shape index (κ2) is 8.08. The Hall–Kier alpha value is -1.08. The molecule has 0 bridgehead atoms. The summed E-state index contributed by atoms with van der Waals surface area (Å²) < 4.78 is 11.4. The van der Waals surface area contributed by atoms with Gasteiger partial charge in [0.05, 0.1) is 6.61 Å². The Morgan fingerprint density at radius 1 is 1.24 bits per heavy atom. The number of ether oxygens (including phenoxy) is 1. The average molecular weight is 373 g/mol. The van der Waals surface area contributed by atoms with E-state index in [-0.39, 0.29) is 10.9 Å². The molecule has 25 heavy (non-hydrogen) atoms. The van der Waals surface area contributed by atoms with Crippen LogP contribution >= 0.6 is 0 Å². The largest absolute Gasteiger partial charge is 0.444 e. The molecule has 1 saturated heterocycles. The smallest absolute Gasteiger partial charge is 0.408 e. The highest BCUT2D eigenvalue weighted by Crippen LogP contribution is 2.36. The van der Waals surface area contributed by atoms with Gasteiger partial charge in [-0.05, 0) is 51.7 Å². The predicted molar refractivity (Wildman–Crippen MR) is 102 cm³/mol. The van der Waals surface area contributed by atoms with Crippen LogP contribution in [0.3, 0.4) is 0 Å². The molecule has 1 heterocycles. The fourth-order valence-corrected chi connectivity index (χ4v) is 3.41. The van der Waals surface area contributed by atoms with Crippen molar-refractivity contribution in [3.63, 3.8) is 0 Å². The van der Waals surface area contributed by atoms with Crippen molar-refractivity contribution in [2.45, 2.75) is 84.2 Å². The lowest BCUT2D eigenvalue weighted by atomic mass is 10.1. The number of likely N-dealkylation sites (tertiary alicyclic amines) is 1. The highest BCUT2D eigenvalue weighted by molar-refractivity contribution is 6.74. The molecule has 7 heteroatoms. The summed E-state index contributed by atoms with van der Waals surface area (Å²) in [6.07, 6.45) is 0.981. The molecule has 0 spiro atoms. The fraction of sp³-hybridized carbons (Fsp3) is 0.889. The zero-order valence-corrected chi connectivity index (χ0v) is 18.2. The number of nitrogens with zero attached hydrogens (tertiary/aromatic N) is 1. The maximum atomic E-state index is 12.6. The van der Waals surface area contributed by atoms with Crippen LogP contribution in [-0.4, -0.2) is 56.6 Å². The number of hydrogen-bond acceptors (Lipinski definition) is 4. The summed E-state index contributed by atoms with van der Waals surface area (Å²) in [6, 6.07) is -0.503. The number of carbonyl (C=O) groups is 2. The first-order chi connectivity index (χ1) is 11.2. The van der Waals surface area contributed by atoms with Crippen LogP contribution in [0, 0.1) is 0 Å². The zero-order valence-electron chi connectivity index (χ0n) is 17.2. The van der Waals surface area contributed by atoms with Crippen LogP contribution in [0.25, 0.3) is 0 Å². The van der Waals surface area contributed by atoms with Crippen molar-refractivity contribution in [1.82, 2.24) is 10.2 Å². The monoisotopic (exact) mass is 372 g/mol. The van der Waals surface area contributed by atoms with E-state index in [1.807, 2.05) is 0 Å². The van der Waals surface area contributed by atoms with Crippen molar-refractivity contribution in [3.05, 3.63) is 0 Å². The van der Waals surface area contributed by atoms with Gasteiger partial charge in [-0.2, -0.15) is 0 Å². The second-order valence-electron chi connectivity index (χ2n) is 9.28.